The summed E-state index contributed by atoms with van der Waals surface area (Å²) in [5.41, 5.74) is 3.30. The number of benzene rings is 2. The quantitative estimate of drug-likeness (QED) is 0.423. The first-order chi connectivity index (χ1) is 13.2. The summed E-state index contributed by atoms with van der Waals surface area (Å²) in [7, 11) is 0. The SMILES string of the molecule is O=C(CNC(=O)c1n[nH]c2ccccc12)NCCc1c[nH]c2ccccc12. The van der Waals surface area contributed by atoms with E-state index in [1.165, 1.54) is 0 Å². The van der Waals surface area contributed by atoms with Gasteiger partial charge in [0.25, 0.3) is 5.91 Å². The van der Waals surface area contributed by atoms with Crippen LogP contribution in [0.2, 0.25) is 0 Å². The van der Waals surface area contributed by atoms with Crippen LogP contribution in [0.25, 0.3) is 21.8 Å². The van der Waals surface area contributed by atoms with Gasteiger partial charge in [0.1, 0.15) is 0 Å². The van der Waals surface area contributed by atoms with Gasteiger partial charge in [0.2, 0.25) is 5.91 Å². The largest absolute Gasteiger partial charge is 0.361 e. The van der Waals surface area contributed by atoms with Crippen LogP contribution >= 0.6 is 0 Å². The minimum Gasteiger partial charge on any atom is -0.361 e. The number of H-pyrrole nitrogens is 2. The first-order valence-corrected chi connectivity index (χ1v) is 8.75. The van der Waals surface area contributed by atoms with Crippen molar-refractivity contribution in [1.29, 1.82) is 0 Å². The predicted molar refractivity (Wildman–Crippen MR) is 103 cm³/mol. The maximum atomic E-state index is 12.3. The Morgan fingerprint density at radius 1 is 0.926 bits per heavy atom. The molecule has 4 aromatic rings. The zero-order valence-corrected chi connectivity index (χ0v) is 14.6. The number of para-hydroxylation sites is 2. The van der Waals surface area contributed by atoms with Crippen LogP contribution in [0.1, 0.15) is 16.1 Å². The van der Waals surface area contributed by atoms with Gasteiger partial charge in [0.05, 0.1) is 12.1 Å². The number of fused-ring (bicyclic) bond motifs is 2. The Kier molecular flexibility index (Phi) is 4.57. The minimum atomic E-state index is -0.376. The Morgan fingerprint density at radius 3 is 2.52 bits per heavy atom. The van der Waals surface area contributed by atoms with Gasteiger partial charge >= 0.3 is 0 Å². The summed E-state index contributed by atoms with van der Waals surface area (Å²) in [6.07, 6.45) is 2.68. The molecule has 0 unspecified atom stereocenters. The van der Waals surface area contributed by atoms with Gasteiger partial charge in [-0.1, -0.05) is 36.4 Å². The van der Waals surface area contributed by atoms with Gasteiger partial charge in [0, 0.05) is 29.0 Å². The van der Waals surface area contributed by atoms with Crippen molar-refractivity contribution in [1.82, 2.24) is 25.8 Å². The highest BCUT2D eigenvalue weighted by Gasteiger charge is 2.14. The van der Waals surface area contributed by atoms with Gasteiger partial charge in [-0.25, -0.2) is 0 Å². The summed E-state index contributed by atoms with van der Waals surface area (Å²) in [6.45, 7) is 0.412. The lowest BCUT2D eigenvalue weighted by Gasteiger charge is -2.06. The Labute approximate surface area is 155 Å². The van der Waals surface area contributed by atoms with Crippen molar-refractivity contribution < 1.29 is 9.59 Å². The van der Waals surface area contributed by atoms with Crippen molar-refractivity contribution >= 4 is 33.6 Å². The Morgan fingerprint density at radius 2 is 1.67 bits per heavy atom. The van der Waals surface area contributed by atoms with E-state index in [2.05, 4.69) is 31.9 Å². The van der Waals surface area contributed by atoms with Gasteiger partial charge < -0.3 is 15.6 Å². The molecule has 0 saturated heterocycles. The molecule has 0 fully saturated rings. The number of nitrogens with one attached hydrogen (secondary N) is 4. The lowest BCUT2D eigenvalue weighted by molar-refractivity contribution is -0.120. The van der Waals surface area contributed by atoms with Crippen LogP contribution in [-0.4, -0.2) is 40.1 Å². The highest BCUT2D eigenvalue weighted by atomic mass is 16.2. The number of amides is 2. The molecule has 0 aliphatic heterocycles. The smallest absolute Gasteiger partial charge is 0.272 e. The van der Waals surface area contributed by atoms with Crippen LogP contribution in [0, 0.1) is 0 Å². The molecule has 4 N–H and O–H groups in total. The number of hydrogen-bond donors (Lipinski definition) is 4. The summed E-state index contributed by atoms with van der Waals surface area (Å²) >= 11 is 0. The van der Waals surface area contributed by atoms with E-state index >= 15 is 0 Å². The standard InChI is InChI=1S/C20H19N5O2/c26-18(21-10-9-13-11-22-16-7-3-1-5-14(13)16)12-23-20(27)19-15-6-2-4-8-17(15)24-25-19/h1-8,11,22H,9-10,12H2,(H,21,26)(H,23,27)(H,24,25). The van der Waals surface area contributed by atoms with Crippen LogP contribution in [0.3, 0.4) is 0 Å². The van der Waals surface area contributed by atoms with Crippen molar-refractivity contribution in [3.63, 3.8) is 0 Å². The first kappa shape index (κ1) is 16.8. The van der Waals surface area contributed by atoms with Gasteiger partial charge in [-0.2, -0.15) is 5.10 Å². The summed E-state index contributed by atoms with van der Waals surface area (Å²) in [4.78, 5) is 27.5. The van der Waals surface area contributed by atoms with Gasteiger partial charge in [-0.05, 0) is 24.1 Å². The molecule has 2 aromatic heterocycles. The maximum absolute atomic E-state index is 12.3. The van der Waals surface area contributed by atoms with Crippen LogP contribution in [-0.2, 0) is 11.2 Å². The first-order valence-electron chi connectivity index (χ1n) is 8.75. The summed E-state index contributed by atoms with van der Waals surface area (Å²) < 4.78 is 0. The number of rotatable bonds is 6. The topological polar surface area (TPSA) is 103 Å². The number of aromatic amines is 2. The molecule has 0 spiro atoms. The third-order valence-electron chi connectivity index (χ3n) is 4.49. The third kappa shape index (κ3) is 3.52. The molecule has 0 radical (unpaired) electrons. The molecular formula is C20H19N5O2. The second-order valence-electron chi connectivity index (χ2n) is 6.26. The zero-order valence-electron chi connectivity index (χ0n) is 14.6. The molecule has 0 aliphatic carbocycles. The Bertz CT molecular complexity index is 1110. The molecular weight excluding hydrogens is 342 g/mol. The minimum absolute atomic E-state index is 0.0894. The Hall–Kier alpha value is -3.61. The molecule has 2 heterocycles. The highest BCUT2D eigenvalue weighted by molar-refractivity contribution is 6.05. The van der Waals surface area contributed by atoms with E-state index in [4.69, 9.17) is 0 Å². The monoisotopic (exact) mass is 361 g/mol. The summed E-state index contributed by atoms with van der Waals surface area (Å²) in [5.74, 6) is -0.609. The van der Waals surface area contributed by atoms with Gasteiger partial charge in [-0.3, -0.25) is 14.7 Å². The normalized spacial score (nSPS) is 11.0. The fourth-order valence-corrected chi connectivity index (χ4v) is 3.12. The molecule has 7 heteroatoms. The number of aromatic nitrogens is 3. The highest BCUT2D eigenvalue weighted by Crippen LogP contribution is 2.17. The fourth-order valence-electron chi connectivity index (χ4n) is 3.12. The van der Waals surface area contributed by atoms with E-state index < -0.39 is 0 Å². The van der Waals surface area contributed by atoms with Crippen molar-refractivity contribution in [2.45, 2.75) is 6.42 Å². The average Bonchev–Trinajstić information content (AvgIpc) is 3.31. The molecule has 4 rings (SSSR count). The molecule has 2 aromatic carbocycles. The van der Waals surface area contributed by atoms with Gasteiger partial charge in [-0.15, -0.1) is 0 Å². The second-order valence-corrected chi connectivity index (χ2v) is 6.26. The fraction of sp³-hybridized carbons (Fsp3) is 0.150. The van der Waals surface area contributed by atoms with Crippen molar-refractivity contribution in [2.75, 3.05) is 13.1 Å². The van der Waals surface area contributed by atoms with Crippen LogP contribution in [0.15, 0.2) is 54.7 Å². The Balaban J connectivity index is 1.28. The zero-order chi connectivity index (χ0) is 18.6. The van der Waals surface area contributed by atoms with E-state index in [9.17, 15) is 9.59 Å². The molecule has 0 saturated carbocycles. The molecule has 27 heavy (non-hydrogen) atoms. The van der Waals surface area contributed by atoms with Gasteiger partial charge in [0.15, 0.2) is 5.69 Å². The number of carbonyl (C=O) groups is 2. The second kappa shape index (κ2) is 7.33. The lowest BCUT2D eigenvalue weighted by Crippen LogP contribution is -2.37. The van der Waals surface area contributed by atoms with Crippen molar-refractivity contribution in [3.05, 3.63) is 66.0 Å². The van der Waals surface area contributed by atoms with E-state index in [0.717, 1.165) is 27.4 Å². The van der Waals surface area contributed by atoms with Crippen molar-refractivity contribution in [3.8, 4) is 0 Å². The van der Waals surface area contributed by atoms with Crippen molar-refractivity contribution in [2.24, 2.45) is 0 Å². The van der Waals surface area contributed by atoms with E-state index in [1.54, 1.807) is 0 Å². The molecule has 136 valence electrons. The van der Waals surface area contributed by atoms with E-state index in [0.29, 0.717) is 13.0 Å². The predicted octanol–water partition coefficient (Wildman–Crippen LogP) is 2.13. The van der Waals surface area contributed by atoms with E-state index in [-0.39, 0.29) is 24.1 Å². The molecule has 0 aliphatic rings. The summed E-state index contributed by atoms with van der Waals surface area (Å²) in [6, 6.07) is 15.4. The van der Waals surface area contributed by atoms with Crippen LogP contribution in [0.4, 0.5) is 0 Å². The number of nitrogens with zero attached hydrogens (tertiary/aromatic N) is 1. The summed E-state index contributed by atoms with van der Waals surface area (Å²) in [5, 5.41) is 14.2. The van der Waals surface area contributed by atoms with Crippen LogP contribution in [0.5, 0.6) is 0 Å². The molecule has 0 bridgehead atoms. The lowest BCUT2D eigenvalue weighted by atomic mass is 10.1. The van der Waals surface area contributed by atoms with Crippen LogP contribution < -0.4 is 10.6 Å². The average molecular weight is 361 g/mol. The number of carbonyl (C=O) groups excluding carboxylic acids is 2. The molecule has 2 amide bonds. The molecule has 7 nitrogen and oxygen atoms in total. The third-order valence-corrected chi connectivity index (χ3v) is 4.49. The maximum Gasteiger partial charge on any atom is 0.272 e. The molecule has 0 atom stereocenters. The number of hydrogen-bond acceptors (Lipinski definition) is 3. The van der Waals surface area contributed by atoms with E-state index in [1.807, 2.05) is 48.7 Å².